The number of rotatable bonds is 4. The third-order valence-electron chi connectivity index (χ3n) is 3.01. The summed E-state index contributed by atoms with van der Waals surface area (Å²) in [5, 5.41) is 12.8. The van der Waals surface area contributed by atoms with Gasteiger partial charge in [-0.2, -0.15) is 0 Å². The molecule has 1 amide bonds. The number of likely N-dealkylation sites (tertiary alicyclic amines) is 1. The number of anilines is 1. The highest BCUT2D eigenvalue weighted by atomic mass is 35.5. The highest BCUT2D eigenvalue weighted by Crippen LogP contribution is 2.15. The lowest BCUT2D eigenvalue weighted by molar-refractivity contribution is -0.116. The van der Waals surface area contributed by atoms with E-state index in [-0.39, 0.29) is 12.0 Å². The van der Waals surface area contributed by atoms with Crippen LogP contribution >= 0.6 is 11.6 Å². The van der Waals surface area contributed by atoms with E-state index < -0.39 is 0 Å². The lowest BCUT2D eigenvalue weighted by atomic mass is 10.3. The maximum Gasteiger partial charge on any atom is 0.225 e. The van der Waals surface area contributed by atoms with E-state index in [1.807, 2.05) is 6.07 Å². The van der Waals surface area contributed by atoms with Crippen LogP contribution in [0.5, 0.6) is 0 Å². The van der Waals surface area contributed by atoms with Crippen molar-refractivity contribution in [1.29, 1.82) is 0 Å². The van der Waals surface area contributed by atoms with Gasteiger partial charge in [0.05, 0.1) is 6.10 Å². The van der Waals surface area contributed by atoms with Crippen LogP contribution in [0.15, 0.2) is 24.3 Å². The minimum absolute atomic E-state index is 0.0290. The van der Waals surface area contributed by atoms with Crippen LogP contribution in [-0.4, -0.2) is 41.7 Å². The summed E-state index contributed by atoms with van der Waals surface area (Å²) in [5.74, 6) is -0.0290. The summed E-state index contributed by atoms with van der Waals surface area (Å²) >= 11 is 5.84. The largest absolute Gasteiger partial charge is 0.392 e. The van der Waals surface area contributed by atoms with Crippen molar-refractivity contribution in [3.05, 3.63) is 29.3 Å². The summed E-state index contributed by atoms with van der Waals surface area (Å²) in [5.41, 5.74) is 0.717. The molecule has 0 aliphatic carbocycles. The van der Waals surface area contributed by atoms with E-state index in [2.05, 4.69) is 10.2 Å². The van der Waals surface area contributed by atoms with Gasteiger partial charge in [-0.3, -0.25) is 4.79 Å². The van der Waals surface area contributed by atoms with Gasteiger partial charge >= 0.3 is 0 Å². The summed E-state index contributed by atoms with van der Waals surface area (Å²) in [4.78, 5) is 13.8. The smallest absolute Gasteiger partial charge is 0.225 e. The lowest BCUT2D eigenvalue weighted by Crippen LogP contribution is -2.26. The number of aliphatic hydroxyl groups excluding tert-OH is 1. The third-order valence-corrected chi connectivity index (χ3v) is 3.25. The number of benzene rings is 1. The Hall–Kier alpha value is -1.10. The molecule has 1 atom stereocenters. The zero-order valence-electron chi connectivity index (χ0n) is 10.1. The van der Waals surface area contributed by atoms with Crippen LogP contribution in [-0.2, 0) is 4.79 Å². The molecule has 0 unspecified atom stereocenters. The van der Waals surface area contributed by atoms with E-state index in [1.54, 1.807) is 18.2 Å². The summed E-state index contributed by atoms with van der Waals surface area (Å²) in [6.07, 6.45) is 0.996. The second-order valence-electron chi connectivity index (χ2n) is 4.55. The van der Waals surface area contributed by atoms with Crippen LogP contribution in [0, 0.1) is 0 Å². The average molecular weight is 269 g/mol. The average Bonchev–Trinajstić information content (AvgIpc) is 2.73. The van der Waals surface area contributed by atoms with Crippen molar-refractivity contribution in [3.63, 3.8) is 0 Å². The van der Waals surface area contributed by atoms with Crippen LogP contribution in [0.25, 0.3) is 0 Å². The van der Waals surface area contributed by atoms with Crippen molar-refractivity contribution < 1.29 is 9.90 Å². The van der Waals surface area contributed by atoms with Crippen molar-refractivity contribution in [1.82, 2.24) is 4.90 Å². The van der Waals surface area contributed by atoms with Gasteiger partial charge in [0.1, 0.15) is 0 Å². The fraction of sp³-hybridized carbons (Fsp3) is 0.462. The van der Waals surface area contributed by atoms with Crippen molar-refractivity contribution in [2.75, 3.05) is 25.0 Å². The van der Waals surface area contributed by atoms with E-state index >= 15 is 0 Å². The van der Waals surface area contributed by atoms with Gasteiger partial charge < -0.3 is 15.3 Å². The number of nitrogens with one attached hydrogen (secondary N) is 1. The Kier molecular flexibility index (Phi) is 4.58. The Balaban J connectivity index is 1.75. The molecule has 0 aromatic heterocycles. The van der Waals surface area contributed by atoms with Crippen molar-refractivity contribution in [2.24, 2.45) is 0 Å². The van der Waals surface area contributed by atoms with Crippen molar-refractivity contribution in [2.45, 2.75) is 18.9 Å². The molecular weight excluding hydrogens is 252 g/mol. The first-order chi connectivity index (χ1) is 8.63. The molecule has 1 saturated heterocycles. The van der Waals surface area contributed by atoms with E-state index in [0.717, 1.165) is 13.0 Å². The quantitative estimate of drug-likeness (QED) is 0.875. The monoisotopic (exact) mass is 268 g/mol. The summed E-state index contributed by atoms with van der Waals surface area (Å²) < 4.78 is 0. The Bertz CT molecular complexity index is 425. The highest BCUT2D eigenvalue weighted by molar-refractivity contribution is 6.30. The minimum Gasteiger partial charge on any atom is -0.392 e. The lowest BCUT2D eigenvalue weighted by Gasteiger charge is -2.14. The maximum absolute atomic E-state index is 11.7. The Labute approximate surface area is 112 Å². The third kappa shape index (κ3) is 3.98. The van der Waals surface area contributed by atoms with Crippen molar-refractivity contribution >= 4 is 23.2 Å². The van der Waals surface area contributed by atoms with Crippen LogP contribution in [0.4, 0.5) is 5.69 Å². The fourth-order valence-electron chi connectivity index (χ4n) is 2.06. The standard InChI is InChI=1S/C13H17ClN2O2/c14-10-2-1-3-11(8-10)15-13(18)5-7-16-6-4-12(17)9-16/h1-3,8,12,17H,4-7,9H2,(H,15,18)/t12-/m1/s1. The van der Waals surface area contributed by atoms with E-state index in [9.17, 15) is 9.90 Å². The van der Waals surface area contributed by atoms with Crippen LogP contribution in [0.2, 0.25) is 5.02 Å². The Morgan fingerprint density at radius 3 is 3.06 bits per heavy atom. The van der Waals surface area contributed by atoms with Crippen molar-refractivity contribution in [3.8, 4) is 0 Å². The number of aliphatic hydroxyl groups is 1. The zero-order valence-corrected chi connectivity index (χ0v) is 10.9. The predicted octanol–water partition coefficient (Wildman–Crippen LogP) is 1.74. The first-order valence-electron chi connectivity index (χ1n) is 6.09. The number of nitrogens with zero attached hydrogens (tertiary/aromatic N) is 1. The second-order valence-corrected chi connectivity index (χ2v) is 4.99. The van der Waals surface area contributed by atoms with E-state index in [1.165, 1.54) is 0 Å². The van der Waals surface area contributed by atoms with Gasteiger partial charge in [0.25, 0.3) is 0 Å². The molecular formula is C13H17ClN2O2. The normalized spacial score (nSPS) is 20.0. The molecule has 2 N–H and O–H groups in total. The maximum atomic E-state index is 11.7. The number of hydrogen-bond acceptors (Lipinski definition) is 3. The van der Waals surface area contributed by atoms with Gasteiger partial charge in [0, 0.05) is 36.8 Å². The fourth-order valence-corrected chi connectivity index (χ4v) is 2.25. The van der Waals surface area contributed by atoms with E-state index in [0.29, 0.717) is 30.2 Å². The first kappa shape index (κ1) is 13.3. The van der Waals surface area contributed by atoms with Crippen LogP contribution < -0.4 is 5.32 Å². The van der Waals surface area contributed by atoms with E-state index in [4.69, 9.17) is 11.6 Å². The van der Waals surface area contributed by atoms with Crippen LogP contribution in [0.3, 0.4) is 0 Å². The van der Waals surface area contributed by atoms with Crippen LogP contribution in [0.1, 0.15) is 12.8 Å². The van der Waals surface area contributed by atoms with Gasteiger partial charge in [-0.15, -0.1) is 0 Å². The molecule has 0 radical (unpaired) electrons. The summed E-state index contributed by atoms with van der Waals surface area (Å²) in [6.45, 7) is 2.22. The number of β-amino-alcohol motifs (C(OH)–C–C–N with tert-alkyl or cyclic N) is 1. The van der Waals surface area contributed by atoms with Gasteiger partial charge in [-0.05, 0) is 24.6 Å². The summed E-state index contributed by atoms with van der Waals surface area (Å²) in [7, 11) is 0. The van der Waals surface area contributed by atoms with Gasteiger partial charge in [0.15, 0.2) is 0 Å². The SMILES string of the molecule is O=C(CCN1CC[C@@H](O)C1)Nc1cccc(Cl)c1. The van der Waals surface area contributed by atoms with Gasteiger partial charge in [-0.1, -0.05) is 17.7 Å². The molecule has 0 spiro atoms. The highest BCUT2D eigenvalue weighted by Gasteiger charge is 2.20. The molecule has 0 bridgehead atoms. The molecule has 4 nitrogen and oxygen atoms in total. The molecule has 18 heavy (non-hydrogen) atoms. The first-order valence-corrected chi connectivity index (χ1v) is 6.47. The number of halogens is 1. The molecule has 1 aromatic carbocycles. The molecule has 1 aromatic rings. The topological polar surface area (TPSA) is 52.6 Å². The molecule has 1 heterocycles. The predicted molar refractivity (Wildman–Crippen MR) is 71.8 cm³/mol. The number of hydrogen-bond donors (Lipinski definition) is 2. The number of carbonyl (C=O) groups is 1. The Morgan fingerprint density at radius 2 is 2.39 bits per heavy atom. The summed E-state index contributed by atoms with van der Waals surface area (Å²) in [6, 6.07) is 7.10. The second kappa shape index (κ2) is 6.18. The molecule has 98 valence electrons. The molecule has 1 aliphatic rings. The molecule has 5 heteroatoms. The van der Waals surface area contributed by atoms with Gasteiger partial charge in [0.2, 0.25) is 5.91 Å². The van der Waals surface area contributed by atoms with Gasteiger partial charge in [-0.25, -0.2) is 0 Å². The number of amides is 1. The molecule has 1 aliphatic heterocycles. The minimum atomic E-state index is -0.235. The zero-order chi connectivity index (χ0) is 13.0. The number of carbonyl (C=O) groups excluding carboxylic acids is 1. The molecule has 0 saturated carbocycles. The molecule has 2 rings (SSSR count). The molecule has 1 fully saturated rings. The Morgan fingerprint density at radius 1 is 1.56 bits per heavy atom.